The SMILES string of the molecule is CC(CC(=O)N(CC(C)C(=O)O)C1CC1)NC(=O)C1CCCC1. The molecule has 2 aliphatic carbocycles. The first-order valence-electron chi connectivity index (χ1n) is 8.71. The van der Waals surface area contributed by atoms with Crippen LogP contribution in [-0.4, -0.2) is 46.4 Å². The van der Waals surface area contributed by atoms with E-state index >= 15 is 0 Å². The van der Waals surface area contributed by atoms with Gasteiger partial charge in [-0.2, -0.15) is 0 Å². The third-order valence-corrected chi connectivity index (χ3v) is 4.80. The van der Waals surface area contributed by atoms with Crippen LogP contribution in [0, 0.1) is 11.8 Å². The van der Waals surface area contributed by atoms with E-state index in [9.17, 15) is 14.4 Å². The van der Waals surface area contributed by atoms with Gasteiger partial charge in [-0.3, -0.25) is 14.4 Å². The van der Waals surface area contributed by atoms with Gasteiger partial charge < -0.3 is 15.3 Å². The van der Waals surface area contributed by atoms with Gasteiger partial charge in [0.2, 0.25) is 11.8 Å². The first-order chi connectivity index (χ1) is 10.9. The summed E-state index contributed by atoms with van der Waals surface area (Å²) < 4.78 is 0. The number of nitrogens with one attached hydrogen (secondary N) is 1. The van der Waals surface area contributed by atoms with Crippen molar-refractivity contribution in [2.45, 2.75) is 70.9 Å². The highest BCUT2D eigenvalue weighted by Gasteiger charge is 2.35. The van der Waals surface area contributed by atoms with Crippen LogP contribution >= 0.6 is 0 Å². The molecule has 0 aromatic carbocycles. The topological polar surface area (TPSA) is 86.7 Å². The lowest BCUT2D eigenvalue weighted by Crippen LogP contribution is -2.43. The molecule has 130 valence electrons. The molecule has 0 radical (unpaired) electrons. The van der Waals surface area contributed by atoms with Crippen LogP contribution in [0.2, 0.25) is 0 Å². The average molecular weight is 324 g/mol. The second-order valence-electron chi connectivity index (χ2n) is 7.11. The van der Waals surface area contributed by atoms with Crippen molar-refractivity contribution in [3.05, 3.63) is 0 Å². The van der Waals surface area contributed by atoms with Gasteiger partial charge >= 0.3 is 5.97 Å². The average Bonchev–Trinajstić information content (AvgIpc) is 3.16. The highest BCUT2D eigenvalue weighted by molar-refractivity contribution is 5.82. The van der Waals surface area contributed by atoms with E-state index in [2.05, 4.69) is 5.32 Å². The van der Waals surface area contributed by atoms with Crippen LogP contribution in [-0.2, 0) is 14.4 Å². The van der Waals surface area contributed by atoms with Gasteiger partial charge in [0.15, 0.2) is 0 Å². The van der Waals surface area contributed by atoms with Crippen LogP contribution in [0.15, 0.2) is 0 Å². The highest BCUT2D eigenvalue weighted by atomic mass is 16.4. The highest BCUT2D eigenvalue weighted by Crippen LogP contribution is 2.29. The van der Waals surface area contributed by atoms with Crippen LogP contribution in [0.5, 0.6) is 0 Å². The molecular formula is C17H28N2O4. The molecule has 0 bridgehead atoms. The lowest BCUT2D eigenvalue weighted by molar-refractivity contribution is -0.143. The van der Waals surface area contributed by atoms with Crippen molar-refractivity contribution in [3.8, 4) is 0 Å². The molecular weight excluding hydrogens is 296 g/mol. The van der Waals surface area contributed by atoms with Crippen LogP contribution in [0.1, 0.15) is 58.8 Å². The summed E-state index contributed by atoms with van der Waals surface area (Å²) in [6, 6.07) is -0.0287. The summed E-state index contributed by atoms with van der Waals surface area (Å²) in [4.78, 5) is 37.3. The van der Waals surface area contributed by atoms with E-state index in [1.807, 2.05) is 6.92 Å². The van der Waals surface area contributed by atoms with E-state index in [1.54, 1.807) is 11.8 Å². The van der Waals surface area contributed by atoms with Crippen molar-refractivity contribution in [1.29, 1.82) is 0 Å². The molecule has 2 atom stereocenters. The molecule has 2 rings (SSSR count). The van der Waals surface area contributed by atoms with Gasteiger partial charge in [0.25, 0.3) is 0 Å². The Hall–Kier alpha value is -1.59. The van der Waals surface area contributed by atoms with Crippen molar-refractivity contribution < 1.29 is 19.5 Å². The molecule has 2 amide bonds. The van der Waals surface area contributed by atoms with Crippen LogP contribution in [0.25, 0.3) is 0 Å². The maximum absolute atomic E-state index is 12.5. The molecule has 0 spiro atoms. The fraction of sp³-hybridized carbons (Fsp3) is 0.824. The first kappa shape index (κ1) is 17.8. The van der Waals surface area contributed by atoms with Crippen molar-refractivity contribution in [3.63, 3.8) is 0 Å². The zero-order valence-electron chi connectivity index (χ0n) is 14.1. The van der Waals surface area contributed by atoms with Gasteiger partial charge in [-0.05, 0) is 32.6 Å². The molecule has 2 aliphatic rings. The van der Waals surface area contributed by atoms with Crippen LogP contribution in [0.3, 0.4) is 0 Å². The summed E-state index contributed by atoms with van der Waals surface area (Å²) in [5.41, 5.74) is 0. The van der Waals surface area contributed by atoms with Crippen molar-refractivity contribution >= 4 is 17.8 Å². The van der Waals surface area contributed by atoms with Gasteiger partial charge in [0.05, 0.1) is 5.92 Å². The van der Waals surface area contributed by atoms with E-state index in [-0.39, 0.29) is 42.8 Å². The lowest BCUT2D eigenvalue weighted by atomic mass is 10.1. The van der Waals surface area contributed by atoms with Crippen molar-refractivity contribution in [1.82, 2.24) is 10.2 Å². The van der Waals surface area contributed by atoms with Crippen LogP contribution in [0.4, 0.5) is 0 Å². The van der Waals surface area contributed by atoms with Gasteiger partial charge in [-0.15, -0.1) is 0 Å². The number of hydrogen-bond donors (Lipinski definition) is 2. The number of carbonyl (C=O) groups is 3. The summed E-state index contributed by atoms with van der Waals surface area (Å²) in [5.74, 6) is -1.35. The van der Waals surface area contributed by atoms with E-state index in [0.717, 1.165) is 38.5 Å². The fourth-order valence-corrected chi connectivity index (χ4v) is 3.19. The fourth-order valence-electron chi connectivity index (χ4n) is 3.19. The molecule has 2 fully saturated rings. The molecule has 0 aromatic heterocycles. The third-order valence-electron chi connectivity index (χ3n) is 4.80. The molecule has 6 nitrogen and oxygen atoms in total. The number of carbonyl (C=O) groups excluding carboxylic acids is 2. The second-order valence-corrected chi connectivity index (χ2v) is 7.11. The Kier molecular flexibility index (Phi) is 6.02. The molecule has 0 saturated heterocycles. The minimum absolute atomic E-state index is 0.0553. The molecule has 0 aliphatic heterocycles. The zero-order valence-corrected chi connectivity index (χ0v) is 14.1. The van der Waals surface area contributed by atoms with E-state index < -0.39 is 11.9 Å². The number of rotatable bonds is 8. The monoisotopic (exact) mass is 324 g/mol. The molecule has 2 saturated carbocycles. The maximum Gasteiger partial charge on any atom is 0.308 e. The molecule has 6 heteroatoms. The predicted molar refractivity (Wildman–Crippen MR) is 85.7 cm³/mol. The number of hydrogen-bond acceptors (Lipinski definition) is 3. The van der Waals surface area contributed by atoms with Gasteiger partial charge in [-0.1, -0.05) is 19.8 Å². The first-order valence-corrected chi connectivity index (χ1v) is 8.71. The number of carboxylic acid groups (broad SMARTS) is 1. The summed E-state index contributed by atoms with van der Waals surface area (Å²) >= 11 is 0. The smallest absolute Gasteiger partial charge is 0.308 e. The predicted octanol–water partition coefficient (Wildman–Crippen LogP) is 1.78. The summed E-state index contributed by atoms with van der Waals surface area (Å²) in [6.07, 6.45) is 6.22. The summed E-state index contributed by atoms with van der Waals surface area (Å²) in [6.45, 7) is 3.72. The number of amides is 2. The Morgan fingerprint density at radius 1 is 1.13 bits per heavy atom. The Labute approximate surface area is 137 Å². The van der Waals surface area contributed by atoms with Gasteiger partial charge in [0.1, 0.15) is 0 Å². The summed E-state index contributed by atoms with van der Waals surface area (Å²) in [5, 5.41) is 12.0. The standard InChI is InChI=1S/C17H28N2O4/c1-11(17(22)23)10-19(14-7-8-14)15(20)9-12(2)18-16(21)13-5-3-4-6-13/h11-14H,3-10H2,1-2H3,(H,18,21)(H,22,23). The Bertz CT molecular complexity index is 456. The van der Waals surface area contributed by atoms with E-state index in [0.29, 0.717) is 0 Å². The Morgan fingerprint density at radius 3 is 2.26 bits per heavy atom. The number of carboxylic acids is 1. The van der Waals surface area contributed by atoms with Crippen molar-refractivity contribution in [2.24, 2.45) is 11.8 Å². The van der Waals surface area contributed by atoms with Gasteiger partial charge in [0, 0.05) is 31.0 Å². The van der Waals surface area contributed by atoms with Crippen molar-refractivity contribution in [2.75, 3.05) is 6.54 Å². The molecule has 23 heavy (non-hydrogen) atoms. The normalized spacial score (nSPS) is 20.8. The molecule has 0 aromatic rings. The quantitative estimate of drug-likeness (QED) is 0.712. The molecule has 0 heterocycles. The Morgan fingerprint density at radius 2 is 1.74 bits per heavy atom. The largest absolute Gasteiger partial charge is 0.481 e. The van der Waals surface area contributed by atoms with E-state index in [1.165, 1.54) is 0 Å². The number of aliphatic carboxylic acids is 1. The van der Waals surface area contributed by atoms with E-state index in [4.69, 9.17) is 5.11 Å². The minimum Gasteiger partial charge on any atom is -0.481 e. The molecule has 2 N–H and O–H groups in total. The number of nitrogens with zero attached hydrogens (tertiary/aromatic N) is 1. The third kappa shape index (κ3) is 5.22. The maximum atomic E-state index is 12.5. The van der Waals surface area contributed by atoms with Crippen LogP contribution < -0.4 is 5.32 Å². The lowest BCUT2D eigenvalue weighted by Gasteiger charge is -2.26. The zero-order chi connectivity index (χ0) is 17.0. The molecule has 2 unspecified atom stereocenters. The minimum atomic E-state index is -0.883. The second kappa shape index (κ2) is 7.79. The summed E-state index contributed by atoms with van der Waals surface area (Å²) in [7, 11) is 0. The van der Waals surface area contributed by atoms with Gasteiger partial charge in [-0.25, -0.2) is 0 Å². The Balaban J connectivity index is 1.82.